The van der Waals surface area contributed by atoms with E-state index in [4.69, 9.17) is 5.11 Å². The molecule has 0 spiro atoms. The van der Waals surface area contributed by atoms with E-state index in [-0.39, 0.29) is 22.4 Å². The smallest absolute Gasteiger partial charge is 0.0453 e. The molecule has 0 heterocycles. The van der Waals surface area contributed by atoms with E-state index in [9.17, 15) is 0 Å². The van der Waals surface area contributed by atoms with Crippen molar-refractivity contribution in [3.63, 3.8) is 0 Å². The topological polar surface area (TPSA) is 20.2 Å². The molecule has 0 aliphatic heterocycles. The zero-order valence-electron chi connectivity index (χ0n) is 4.18. The van der Waals surface area contributed by atoms with E-state index in [2.05, 4.69) is 0 Å². The summed E-state index contributed by atoms with van der Waals surface area (Å²) in [5, 5.41) is 8.14. The van der Waals surface area contributed by atoms with Crippen LogP contribution in [0.5, 0.6) is 0 Å². The summed E-state index contributed by atoms with van der Waals surface area (Å²) in [5.74, 6) is 0.440. The first-order chi connectivity index (χ1) is 2.27. The molecule has 0 saturated heterocycles. The summed E-state index contributed by atoms with van der Waals surface area (Å²) in [6, 6.07) is 0. The number of rotatable bonds is 1. The van der Waals surface area contributed by atoms with Gasteiger partial charge in [-0.25, -0.2) is 0 Å². The average Bonchev–Trinajstić information content (AvgIpc) is 1.38. The van der Waals surface area contributed by atoms with Gasteiger partial charge in [0, 0.05) is 29.0 Å². The van der Waals surface area contributed by atoms with Crippen LogP contribution >= 0.6 is 0 Å². The van der Waals surface area contributed by atoms with E-state index >= 15 is 0 Å². The minimum Gasteiger partial charge on any atom is -0.396 e. The Bertz CT molecular complexity index is 21.5. The van der Waals surface area contributed by atoms with Gasteiger partial charge in [0.15, 0.2) is 0 Å². The molecule has 1 nitrogen and oxygen atoms in total. The molecule has 37 valence electrons. The summed E-state index contributed by atoms with van der Waals surface area (Å²) in [6.07, 6.45) is 0. The Morgan fingerprint density at radius 3 is 1.67 bits per heavy atom. The van der Waals surface area contributed by atoms with E-state index < -0.39 is 0 Å². The summed E-state index contributed by atoms with van der Waals surface area (Å²) in [6.45, 7) is 4.25. The normalized spacial score (nSPS) is 8.00. The van der Waals surface area contributed by atoms with Gasteiger partial charge in [0.25, 0.3) is 0 Å². The summed E-state index contributed by atoms with van der Waals surface area (Å²) in [7, 11) is 0. The van der Waals surface area contributed by atoms with Crippen molar-refractivity contribution in [3.05, 3.63) is 0 Å². The van der Waals surface area contributed by atoms with Crippen molar-refractivity contribution in [2.24, 2.45) is 5.92 Å². The van der Waals surface area contributed by atoms with E-state index in [0.717, 1.165) is 0 Å². The van der Waals surface area contributed by atoms with E-state index in [1.807, 2.05) is 13.8 Å². The second kappa shape index (κ2) is 5.70. The van der Waals surface area contributed by atoms with E-state index in [1.54, 1.807) is 0 Å². The molecule has 0 bridgehead atoms. The van der Waals surface area contributed by atoms with Crippen molar-refractivity contribution in [1.82, 2.24) is 0 Å². The number of aliphatic hydroxyl groups excluding tert-OH is 1. The maximum Gasteiger partial charge on any atom is 0.0453 e. The molecular formula is C4H10OTa. The fourth-order valence-corrected chi connectivity index (χ4v) is 0. The summed E-state index contributed by atoms with van der Waals surface area (Å²) in [5.41, 5.74) is 0. The third kappa shape index (κ3) is 8.83. The van der Waals surface area contributed by atoms with Crippen LogP contribution in [-0.4, -0.2) is 11.7 Å². The Morgan fingerprint density at radius 2 is 1.67 bits per heavy atom. The molecule has 6 heavy (non-hydrogen) atoms. The minimum atomic E-state index is 0. The Balaban J connectivity index is 0. The molecule has 0 unspecified atom stereocenters. The predicted octanol–water partition coefficient (Wildman–Crippen LogP) is 0.632. The fraction of sp³-hybridized carbons (Fsp3) is 1.00. The second-order valence-corrected chi connectivity index (χ2v) is 1.58. The molecule has 0 aromatic rings. The van der Waals surface area contributed by atoms with Crippen LogP contribution in [-0.2, 0) is 22.4 Å². The Morgan fingerprint density at radius 1 is 1.50 bits per heavy atom. The van der Waals surface area contributed by atoms with Gasteiger partial charge >= 0.3 is 0 Å². The van der Waals surface area contributed by atoms with Gasteiger partial charge in [-0.3, -0.25) is 0 Å². The third-order valence-corrected chi connectivity index (χ3v) is 0.365. The predicted molar refractivity (Wildman–Crippen MR) is 21.9 cm³/mol. The van der Waals surface area contributed by atoms with Crippen LogP contribution in [0.3, 0.4) is 0 Å². The Hall–Kier alpha value is 0.700. The monoisotopic (exact) mass is 255 g/mol. The maximum absolute atomic E-state index is 8.14. The van der Waals surface area contributed by atoms with Gasteiger partial charge in [-0.15, -0.1) is 0 Å². The van der Waals surface area contributed by atoms with Crippen LogP contribution in [0, 0.1) is 5.92 Å². The first-order valence-electron chi connectivity index (χ1n) is 1.88. The molecule has 1 radical (unpaired) electrons. The van der Waals surface area contributed by atoms with Crippen molar-refractivity contribution in [3.8, 4) is 0 Å². The van der Waals surface area contributed by atoms with Crippen molar-refractivity contribution >= 4 is 0 Å². The second-order valence-electron chi connectivity index (χ2n) is 1.58. The SMILES string of the molecule is CC(C)CO.[Ta]. The number of hydrogen-bond donors (Lipinski definition) is 1. The number of hydrogen-bond acceptors (Lipinski definition) is 1. The fourth-order valence-electron chi connectivity index (χ4n) is 0. The van der Waals surface area contributed by atoms with Crippen LogP contribution in [0.1, 0.15) is 13.8 Å². The zero-order chi connectivity index (χ0) is 4.28. The first kappa shape index (κ1) is 9.85. The summed E-state index contributed by atoms with van der Waals surface area (Å²) >= 11 is 0. The van der Waals surface area contributed by atoms with Crippen LogP contribution < -0.4 is 0 Å². The van der Waals surface area contributed by atoms with Gasteiger partial charge < -0.3 is 5.11 Å². The summed E-state index contributed by atoms with van der Waals surface area (Å²) < 4.78 is 0. The van der Waals surface area contributed by atoms with Crippen LogP contribution in [0.25, 0.3) is 0 Å². The zero-order valence-corrected chi connectivity index (χ0v) is 7.39. The largest absolute Gasteiger partial charge is 0.396 e. The summed E-state index contributed by atoms with van der Waals surface area (Å²) in [4.78, 5) is 0. The third-order valence-electron chi connectivity index (χ3n) is 0.365. The average molecular weight is 255 g/mol. The first-order valence-corrected chi connectivity index (χ1v) is 1.88. The quantitative estimate of drug-likeness (QED) is 0.728. The van der Waals surface area contributed by atoms with Gasteiger partial charge in [0.05, 0.1) is 0 Å². The molecule has 0 rings (SSSR count). The van der Waals surface area contributed by atoms with E-state index in [0.29, 0.717) is 12.5 Å². The van der Waals surface area contributed by atoms with Crippen molar-refractivity contribution < 1.29 is 27.5 Å². The standard InChI is InChI=1S/C4H10O.Ta/c1-4(2)3-5;/h4-5H,3H2,1-2H3;. The molecule has 2 heteroatoms. The molecule has 0 amide bonds. The van der Waals surface area contributed by atoms with Crippen LogP contribution in [0.4, 0.5) is 0 Å². The molecule has 1 N–H and O–H groups in total. The Kier molecular flexibility index (Phi) is 9.36. The molecule has 0 atom stereocenters. The van der Waals surface area contributed by atoms with Gasteiger partial charge in [-0.05, 0) is 5.92 Å². The minimum absolute atomic E-state index is 0. The molecule has 0 aromatic carbocycles. The van der Waals surface area contributed by atoms with Crippen LogP contribution in [0.2, 0.25) is 0 Å². The molecule has 0 aliphatic carbocycles. The van der Waals surface area contributed by atoms with Crippen molar-refractivity contribution in [2.45, 2.75) is 13.8 Å². The Labute approximate surface area is 54.3 Å². The van der Waals surface area contributed by atoms with Gasteiger partial charge in [0.2, 0.25) is 0 Å². The van der Waals surface area contributed by atoms with E-state index in [1.165, 1.54) is 0 Å². The molecular weight excluding hydrogens is 245 g/mol. The van der Waals surface area contributed by atoms with Gasteiger partial charge in [-0.2, -0.15) is 0 Å². The van der Waals surface area contributed by atoms with Gasteiger partial charge in [-0.1, -0.05) is 13.8 Å². The maximum atomic E-state index is 8.14. The molecule has 0 aliphatic rings. The number of aliphatic hydroxyl groups is 1. The van der Waals surface area contributed by atoms with Gasteiger partial charge in [0.1, 0.15) is 0 Å². The molecule has 0 aromatic heterocycles. The van der Waals surface area contributed by atoms with Crippen molar-refractivity contribution in [1.29, 1.82) is 0 Å². The molecule has 0 saturated carbocycles. The molecule has 0 fully saturated rings. The van der Waals surface area contributed by atoms with Crippen molar-refractivity contribution in [2.75, 3.05) is 6.61 Å². The van der Waals surface area contributed by atoms with Crippen LogP contribution in [0.15, 0.2) is 0 Å².